The molecule has 18 heavy (non-hydrogen) atoms. The van der Waals surface area contributed by atoms with Gasteiger partial charge in [0.1, 0.15) is 6.33 Å². The summed E-state index contributed by atoms with van der Waals surface area (Å²) >= 11 is 0. The van der Waals surface area contributed by atoms with E-state index in [1.807, 2.05) is 12.4 Å². The Morgan fingerprint density at radius 3 is 2.72 bits per heavy atom. The van der Waals surface area contributed by atoms with Crippen LogP contribution in [0.3, 0.4) is 0 Å². The summed E-state index contributed by atoms with van der Waals surface area (Å²) in [5.74, 6) is 0. The summed E-state index contributed by atoms with van der Waals surface area (Å²) in [7, 11) is 0. The molecule has 0 radical (unpaired) electrons. The number of rotatable bonds is 1. The number of nitrogens with one attached hydrogen (secondary N) is 1. The molecule has 1 N–H and O–H groups in total. The molecule has 4 heteroatoms. The molecule has 2 aliphatic rings. The van der Waals surface area contributed by atoms with Crippen LogP contribution < -0.4 is 5.32 Å². The summed E-state index contributed by atoms with van der Waals surface area (Å²) in [5, 5.41) is 3.60. The fraction of sp³-hybridized carbons (Fsp3) is 0.714. The van der Waals surface area contributed by atoms with E-state index in [1.54, 1.807) is 6.33 Å². The zero-order chi connectivity index (χ0) is 12.6. The molecular weight excluding hydrogens is 226 g/mol. The SMILES string of the molecule is CC1(C)CCC2(C1)OCCNC2c1cncnc1. The van der Waals surface area contributed by atoms with Crippen molar-refractivity contribution in [1.29, 1.82) is 0 Å². The summed E-state index contributed by atoms with van der Waals surface area (Å²) < 4.78 is 6.21. The van der Waals surface area contributed by atoms with Gasteiger partial charge in [0.2, 0.25) is 0 Å². The molecule has 2 heterocycles. The van der Waals surface area contributed by atoms with E-state index < -0.39 is 0 Å². The Morgan fingerprint density at radius 1 is 1.28 bits per heavy atom. The standard InChI is InChI=1S/C14H21N3O/c1-13(2)3-4-14(9-13)12(17-5-6-18-14)11-7-15-10-16-8-11/h7-8,10,12,17H,3-6,9H2,1-2H3. The molecule has 1 aromatic rings. The van der Waals surface area contributed by atoms with E-state index >= 15 is 0 Å². The quantitative estimate of drug-likeness (QED) is 0.825. The van der Waals surface area contributed by atoms with Crippen molar-refractivity contribution >= 4 is 0 Å². The van der Waals surface area contributed by atoms with Crippen LogP contribution in [-0.2, 0) is 4.74 Å². The van der Waals surface area contributed by atoms with Gasteiger partial charge in [-0.05, 0) is 24.7 Å². The van der Waals surface area contributed by atoms with E-state index in [9.17, 15) is 0 Å². The van der Waals surface area contributed by atoms with Gasteiger partial charge in [0.15, 0.2) is 0 Å². The highest BCUT2D eigenvalue weighted by atomic mass is 16.5. The van der Waals surface area contributed by atoms with Crippen LogP contribution in [0.15, 0.2) is 18.7 Å². The summed E-state index contributed by atoms with van der Waals surface area (Å²) in [6, 6.07) is 0.231. The molecule has 2 atom stereocenters. The lowest BCUT2D eigenvalue weighted by Crippen LogP contribution is -2.51. The highest BCUT2D eigenvalue weighted by molar-refractivity contribution is 5.19. The Balaban J connectivity index is 1.92. The molecule has 2 fully saturated rings. The Labute approximate surface area is 108 Å². The molecular formula is C14H21N3O. The first-order chi connectivity index (χ1) is 8.61. The van der Waals surface area contributed by atoms with E-state index in [0.29, 0.717) is 5.41 Å². The van der Waals surface area contributed by atoms with Crippen LogP contribution in [0.4, 0.5) is 0 Å². The van der Waals surface area contributed by atoms with Gasteiger partial charge in [-0.1, -0.05) is 13.8 Å². The van der Waals surface area contributed by atoms with Gasteiger partial charge < -0.3 is 10.1 Å². The second kappa shape index (κ2) is 4.28. The average molecular weight is 247 g/mol. The minimum atomic E-state index is -0.0630. The summed E-state index contributed by atoms with van der Waals surface area (Å²) in [6.07, 6.45) is 8.84. The van der Waals surface area contributed by atoms with Gasteiger partial charge in [0.05, 0.1) is 18.2 Å². The van der Waals surface area contributed by atoms with Crippen LogP contribution in [-0.4, -0.2) is 28.7 Å². The number of hydrogen-bond acceptors (Lipinski definition) is 4. The van der Waals surface area contributed by atoms with Crippen LogP contribution in [0.1, 0.15) is 44.7 Å². The molecule has 98 valence electrons. The van der Waals surface area contributed by atoms with Crippen molar-refractivity contribution in [2.45, 2.75) is 44.8 Å². The molecule has 4 nitrogen and oxygen atoms in total. The van der Waals surface area contributed by atoms with Crippen molar-refractivity contribution in [1.82, 2.24) is 15.3 Å². The van der Waals surface area contributed by atoms with Gasteiger partial charge in [0.25, 0.3) is 0 Å². The number of aromatic nitrogens is 2. The minimum Gasteiger partial charge on any atom is -0.372 e. The third-order valence-electron chi connectivity index (χ3n) is 4.28. The van der Waals surface area contributed by atoms with Gasteiger partial charge in [-0.15, -0.1) is 0 Å². The van der Waals surface area contributed by atoms with Crippen LogP contribution in [0.2, 0.25) is 0 Å². The van der Waals surface area contributed by atoms with Crippen molar-refractivity contribution in [2.24, 2.45) is 5.41 Å². The predicted octanol–water partition coefficient (Wildman–Crippen LogP) is 2.09. The largest absolute Gasteiger partial charge is 0.372 e. The molecule has 1 saturated heterocycles. The van der Waals surface area contributed by atoms with Crippen LogP contribution in [0.5, 0.6) is 0 Å². The fourth-order valence-electron chi connectivity index (χ4n) is 3.51. The second-order valence-electron chi connectivity index (χ2n) is 6.31. The summed E-state index contributed by atoms with van der Waals surface area (Å²) in [5.41, 5.74) is 1.45. The maximum absolute atomic E-state index is 6.21. The lowest BCUT2D eigenvalue weighted by Gasteiger charge is -2.43. The van der Waals surface area contributed by atoms with Gasteiger partial charge in [-0.2, -0.15) is 0 Å². The van der Waals surface area contributed by atoms with Gasteiger partial charge in [-0.3, -0.25) is 0 Å². The summed E-state index contributed by atoms with van der Waals surface area (Å²) in [6.45, 7) is 6.37. The van der Waals surface area contributed by atoms with Crippen molar-refractivity contribution in [3.8, 4) is 0 Å². The fourth-order valence-corrected chi connectivity index (χ4v) is 3.51. The van der Waals surface area contributed by atoms with Crippen LogP contribution in [0.25, 0.3) is 0 Å². The highest BCUT2D eigenvalue weighted by Crippen LogP contribution is 2.51. The monoisotopic (exact) mass is 247 g/mol. The maximum Gasteiger partial charge on any atom is 0.115 e. The van der Waals surface area contributed by atoms with Crippen molar-refractivity contribution < 1.29 is 4.74 Å². The lowest BCUT2D eigenvalue weighted by molar-refractivity contribution is -0.0988. The Bertz CT molecular complexity index is 420. The van der Waals surface area contributed by atoms with E-state index in [2.05, 4.69) is 29.1 Å². The van der Waals surface area contributed by atoms with E-state index in [1.165, 1.54) is 6.42 Å². The first kappa shape index (κ1) is 12.1. The molecule has 2 unspecified atom stereocenters. The average Bonchev–Trinajstić information content (AvgIpc) is 2.67. The minimum absolute atomic E-state index is 0.0630. The zero-order valence-electron chi connectivity index (χ0n) is 11.1. The molecule has 1 aliphatic heterocycles. The van der Waals surface area contributed by atoms with Gasteiger partial charge >= 0.3 is 0 Å². The van der Waals surface area contributed by atoms with E-state index in [-0.39, 0.29) is 11.6 Å². The maximum atomic E-state index is 6.21. The third-order valence-corrected chi connectivity index (χ3v) is 4.28. The number of nitrogens with zero attached hydrogens (tertiary/aromatic N) is 2. The van der Waals surface area contributed by atoms with Crippen molar-refractivity contribution in [2.75, 3.05) is 13.2 Å². The molecule has 1 aliphatic carbocycles. The smallest absolute Gasteiger partial charge is 0.115 e. The number of hydrogen-bond donors (Lipinski definition) is 1. The van der Waals surface area contributed by atoms with Crippen LogP contribution in [0, 0.1) is 5.41 Å². The van der Waals surface area contributed by atoms with Gasteiger partial charge in [-0.25, -0.2) is 9.97 Å². The molecule has 1 spiro atoms. The molecule has 0 aromatic carbocycles. The van der Waals surface area contributed by atoms with E-state index in [4.69, 9.17) is 4.74 Å². The Hall–Kier alpha value is -1.00. The Morgan fingerprint density at radius 2 is 2.06 bits per heavy atom. The zero-order valence-corrected chi connectivity index (χ0v) is 11.1. The molecule has 0 bridgehead atoms. The third kappa shape index (κ3) is 2.04. The van der Waals surface area contributed by atoms with Gasteiger partial charge in [0, 0.05) is 24.5 Å². The lowest BCUT2D eigenvalue weighted by atomic mass is 9.82. The molecule has 1 aromatic heterocycles. The second-order valence-corrected chi connectivity index (χ2v) is 6.31. The molecule has 0 amide bonds. The molecule has 1 saturated carbocycles. The van der Waals surface area contributed by atoms with E-state index in [0.717, 1.165) is 31.6 Å². The Kier molecular flexibility index (Phi) is 2.87. The topological polar surface area (TPSA) is 47.0 Å². The number of morpholine rings is 1. The predicted molar refractivity (Wildman–Crippen MR) is 69.1 cm³/mol. The normalized spacial score (nSPS) is 34.9. The van der Waals surface area contributed by atoms with Crippen LogP contribution >= 0.6 is 0 Å². The first-order valence-corrected chi connectivity index (χ1v) is 6.74. The number of ether oxygens (including phenoxy) is 1. The highest BCUT2D eigenvalue weighted by Gasteiger charge is 2.51. The molecule has 3 rings (SSSR count). The first-order valence-electron chi connectivity index (χ1n) is 6.74. The van der Waals surface area contributed by atoms with Crippen molar-refractivity contribution in [3.05, 3.63) is 24.3 Å². The van der Waals surface area contributed by atoms with Crippen molar-refractivity contribution in [3.63, 3.8) is 0 Å². The summed E-state index contributed by atoms with van der Waals surface area (Å²) in [4.78, 5) is 8.29.